The van der Waals surface area contributed by atoms with Crippen molar-refractivity contribution in [2.24, 2.45) is 0 Å². The van der Waals surface area contributed by atoms with Gasteiger partial charge < -0.3 is 9.84 Å². The van der Waals surface area contributed by atoms with E-state index in [-0.39, 0.29) is 30.0 Å². The lowest BCUT2D eigenvalue weighted by molar-refractivity contribution is -0.136. The van der Waals surface area contributed by atoms with Gasteiger partial charge in [0.15, 0.2) is 5.13 Å². The zero-order valence-electron chi connectivity index (χ0n) is 10.6. The Hall–Kier alpha value is -1.19. The molecule has 0 aromatic carbocycles. The summed E-state index contributed by atoms with van der Waals surface area (Å²) in [6.07, 6.45) is -0.258. The van der Waals surface area contributed by atoms with Crippen LogP contribution in [0.25, 0.3) is 0 Å². The molecule has 0 spiro atoms. The van der Waals surface area contributed by atoms with E-state index in [4.69, 9.17) is 9.84 Å². The van der Waals surface area contributed by atoms with Gasteiger partial charge >= 0.3 is 5.97 Å². The number of carbonyl (C=O) groups is 1. The zero-order chi connectivity index (χ0) is 14.5. The first-order valence-electron chi connectivity index (χ1n) is 5.57. The van der Waals surface area contributed by atoms with Gasteiger partial charge in [-0.05, 0) is 13.8 Å². The number of hydrogen-bond donors (Lipinski definition) is 2. The molecule has 1 rings (SSSR count). The van der Waals surface area contributed by atoms with Gasteiger partial charge in [-0.1, -0.05) is 0 Å². The molecule has 108 valence electrons. The van der Waals surface area contributed by atoms with Crippen LogP contribution >= 0.6 is 11.3 Å². The molecule has 1 heterocycles. The SMILES string of the molecule is CC(C)OCCS(=O)(=O)Nc1nc(CC(=O)O)cs1. The number of nitrogens with one attached hydrogen (secondary N) is 1. The molecule has 0 radical (unpaired) electrons. The summed E-state index contributed by atoms with van der Waals surface area (Å²) in [4.78, 5) is 14.4. The Morgan fingerprint density at radius 3 is 2.84 bits per heavy atom. The molecule has 7 nitrogen and oxygen atoms in total. The summed E-state index contributed by atoms with van der Waals surface area (Å²) in [6.45, 7) is 3.73. The van der Waals surface area contributed by atoms with Crippen LogP contribution < -0.4 is 4.72 Å². The molecule has 0 aliphatic carbocycles. The topological polar surface area (TPSA) is 106 Å². The maximum atomic E-state index is 11.7. The first-order valence-corrected chi connectivity index (χ1v) is 8.10. The summed E-state index contributed by atoms with van der Waals surface area (Å²) in [5.74, 6) is -1.18. The van der Waals surface area contributed by atoms with Crippen molar-refractivity contribution < 1.29 is 23.1 Å². The van der Waals surface area contributed by atoms with Crippen molar-refractivity contribution in [2.45, 2.75) is 26.4 Å². The number of carboxylic acid groups (broad SMARTS) is 1. The maximum absolute atomic E-state index is 11.7. The van der Waals surface area contributed by atoms with Crippen LogP contribution in [-0.2, 0) is 26.0 Å². The van der Waals surface area contributed by atoms with Crippen molar-refractivity contribution in [2.75, 3.05) is 17.1 Å². The molecule has 0 atom stereocenters. The van der Waals surface area contributed by atoms with Gasteiger partial charge in [0.25, 0.3) is 0 Å². The molecule has 19 heavy (non-hydrogen) atoms. The Bertz CT molecular complexity index is 524. The quantitative estimate of drug-likeness (QED) is 0.740. The molecule has 0 aliphatic rings. The lowest BCUT2D eigenvalue weighted by atomic mass is 10.3. The van der Waals surface area contributed by atoms with Gasteiger partial charge in [0, 0.05) is 5.38 Å². The third-order valence-electron chi connectivity index (χ3n) is 1.93. The van der Waals surface area contributed by atoms with Gasteiger partial charge in [0.2, 0.25) is 10.0 Å². The third-order valence-corrected chi connectivity index (χ3v) is 4.07. The number of hydrogen-bond acceptors (Lipinski definition) is 6. The van der Waals surface area contributed by atoms with Crippen molar-refractivity contribution in [3.8, 4) is 0 Å². The Labute approximate surface area is 115 Å². The standard InChI is InChI=1S/C10H16N2O5S2/c1-7(2)17-3-4-19(15,16)12-10-11-8(6-18-10)5-9(13)14/h6-7H,3-5H2,1-2H3,(H,11,12)(H,13,14). The van der Waals surface area contributed by atoms with Gasteiger partial charge in [-0.2, -0.15) is 0 Å². The normalized spacial score (nSPS) is 11.7. The molecule has 0 amide bonds. The zero-order valence-corrected chi connectivity index (χ0v) is 12.3. The number of sulfonamides is 1. The highest BCUT2D eigenvalue weighted by molar-refractivity contribution is 7.92. The summed E-state index contributed by atoms with van der Waals surface area (Å²) in [6, 6.07) is 0. The van der Waals surface area contributed by atoms with Crippen LogP contribution in [0, 0.1) is 0 Å². The fourth-order valence-corrected chi connectivity index (χ4v) is 3.02. The van der Waals surface area contributed by atoms with Crippen LogP contribution in [0.5, 0.6) is 0 Å². The first-order chi connectivity index (χ1) is 8.78. The van der Waals surface area contributed by atoms with Gasteiger partial charge in [-0.3, -0.25) is 9.52 Å². The molecule has 1 aromatic heterocycles. The summed E-state index contributed by atoms with van der Waals surface area (Å²) in [5.41, 5.74) is 0.327. The maximum Gasteiger partial charge on any atom is 0.309 e. The fourth-order valence-electron chi connectivity index (χ4n) is 1.17. The van der Waals surface area contributed by atoms with Crippen LogP contribution in [-0.4, -0.2) is 42.9 Å². The molecular weight excluding hydrogens is 292 g/mol. The van der Waals surface area contributed by atoms with Gasteiger partial charge in [-0.15, -0.1) is 11.3 Å². The Morgan fingerprint density at radius 2 is 2.26 bits per heavy atom. The predicted octanol–water partition coefficient (Wildman–Crippen LogP) is 0.937. The van der Waals surface area contributed by atoms with E-state index in [1.165, 1.54) is 5.38 Å². The molecule has 0 unspecified atom stereocenters. The van der Waals surface area contributed by atoms with Crippen molar-refractivity contribution in [1.29, 1.82) is 0 Å². The highest BCUT2D eigenvalue weighted by Crippen LogP contribution is 2.17. The first kappa shape index (κ1) is 15.9. The molecule has 0 bridgehead atoms. The number of rotatable bonds is 8. The van der Waals surface area contributed by atoms with E-state index >= 15 is 0 Å². The Kier molecular flexibility index (Phi) is 5.70. The van der Waals surface area contributed by atoms with Crippen LogP contribution in [0.15, 0.2) is 5.38 Å². The number of aromatic nitrogens is 1. The lowest BCUT2D eigenvalue weighted by Gasteiger charge is -2.08. The van der Waals surface area contributed by atoms with Crippen LogP contribution in [0.3, 0.4) is 0 Å². The molecular formula is C10H16N2O5S2. The minimum absolute atomic E-state index is 0.0303. The smallest absolute Gasteiger partial charge is 0.309 e. The summed E-state index contributed by atoms with van der Waals surface area (Å²) >= 11 is 1.05. The van der Waals surface area contributed by atoms with E-state index in [0.29, 0.717) is 5.69 Å². The highest BCUT2D eigenvalue weighted by atomic mass is 32.2. The van der Waals surface area contributed by atoms with Crippen LogP contribution in [0.4, 0.5) is 5.13 Å². The van der Waals surface area contributed by atoms with E-state index in [1.54, 1.807) is 0 Å². The van der Waals surface area contributed by atoms with E-state index in [1.807, 2.05) is 13.8 Å². The molecule has 0 saturated carbocycles. The minimum Gasteiger partial charge on any atom is -0.481 e. The number of carboxylic acids is 1. The Balaban J connectivity index is 2.53. The molecule has 1 aromatic rings. The number of anilines is 1. The van der Waals surface area contributed by atoms with Crippen molar-refractivity contribution in [3.05, 3.63) is 11.1 Å². The second-order valence-corrected chi connectivity index (χ2v) is 6.75. The van der Waals surface area contributed by atoms with E-state index in [0.717, 1.165) is 11.3 Å². The summed E-state index contributed by atoms with van der Waals surface area (Å²) in [5, 5.41) is 10.3. The summed E-state index contributed by atoms with van der Waals surface area (Å²) < 4.78 is 30.8. The van der Waals surface area contributed by atoms with E-state index in [2.05, 4.69) is 9.71 Å². The van der Waals surface area contributed by atoms with Gasteiger partial charge in [-0.25, -0.2) is 13.4 Å². The fraction of sp³-hybridized carbons (Fsp3) is 0.600. The second-order valence-electron chi connectivity index (χ2n) is 4.05. The average molecular weight is 308 g/mol. The summed E-state index contributed by atoms with van der Waals surface area (Å²) in [7, 11) is -3.52. The third kappa shape index (κ3) is 6.50. The number of ether oxygens (including phenoxy) is 1. The lowest BCUT2D eigenvalue weighted by Crippen LogP contribution is -2.21. The van der Waals surface area contributed by atoms with Crippen molar-refractivity contribution >= 4 is 32.5 Å². The molecule has 9 heteroatoms. The second kappa shape index (κ2) is 6.83. The van der Waals surface area contributed by atoms with Crippen LogP contribution in [0.2, 0.25) is 0 Å². The number of nitrogens with zero attached hydrogens (tertiary/aromatic N) is 1. The number of aliphatic carboxylic acids is 1. The molecule has 2 N–H and O–H groups in total. The molecule has 0 saturated heterocycles. The van der Waals surface area contributed by atoms with Crippen LogP contribution in [0.1, 0.15) is 19.5 Å². The highest BCUT2D eigenvalue weighted by Gasteiger charge is 2.14. The Morgan fingerprint density at radius 1 is 1.58 bits per heavy atom. The van der Waals surface area contributed by atoms with Crippen molar-refractivity contribution in [3.63, 3.8) is 0 Å². The molecule has 0 fully saturated rings. The van der Waals surface area contributed by atoms with Crippen molar-refractivity contribution in [1.82, 2.24) is 4.98 Å². The monoisotopic (exact) mass is 308 g/mol. The average Bonchev–Trinajstić information content (AvgIpc) is 2.62. The van der Waals surface area contributed by atoms with E-state index < -0.39 is 16.0 Å². The minimum atomic E-state index is -3.52. The number of thiazole rings is 1. The van der Waals surface area contributed by atoms with Gasteiger partial charge in [0.1, 0.15) is 0 Å². The van der Waals surface area contributed by atoms with Gasteiger partial charge in [0.05, 0.1) is 30.6 Å². The van der Waals surface area contributed by atoms with E-state index in [9.17, 15) is 13.2 Å². The molecule has 0 aliphatic heterocycles. The largest absolute Gasteiger partial charge is 0.481 e. The predicted molar refractivity (Wildman–Crippen MR) is 72.0 cm³/mol.